The summed E-state index contributed by atoms with van der Waals surface area (Å²) < 4.78 is 176. The van der Waals surface area contributed by atoms with Crippen molar-refractivity contribution in [2.45, 2.75) is 36.0 Å². The normalized spacial score (nSPS) is 14.6. The summed E-state index contributed by atoms with van der Waals surface area (Å²) in [5.74, 6) is -36.9. The third kappa shape index (κ3) is 3.87. The summed E-state index contributed by atoms with van der Waals surface area (Å²) in [6.07, 6.45) is -14.5. The molecule has 0 unspecified atom stereocenters. The summed E-state index contributed by atoms with van der Waals surface area (Å²) in [6.45, 7) is 0.362. The van der Waals surface area contributed by atoms with Crippen LogP contribution >= 0.6 is 0 Å². The first-order valence-electron chi connectivity index (χ1n) is 6.13. The molecule has 0 heterocycles. The zero-order valence-electron chi connectivity index (χ0n) is 12.5. The van der Waals surface area contributed by atoms with Crippen molar-refractivity contribution in [2.24, 2.45) is 0 Å². The van der Waals surface area contributed by atoms with Gasteiger partial charge in [0.15, 0.2) is 0 Å². The summed E-state index contributed by atoms with van der Waals surface area (Å²) in [4.78, 5) is 20.3. The molecule has 17 heteroatoms. The summed E-state index contributed by atoms with van der Waals surface area (Å²) >= 11 is 0. The Morgan fingerprint density at radius 3 is 1.07 bits per heavy atom. The van der Waals surface area contributed by atoms with Crippen LogP contribution in [0, 0.1) is 0 Å². The third-order valence-corrected chi connectivity index (χ3v) is 2.84. The van der Waals surface area contributed by atoms with Gasteiger partial charge in [-0.3, -0.25) is 14.5 Å². The van der Waals surface area contributed by atoms with E-state index >= 15 is 0 Å². The summed E-state index contributed by atoms with van der Waals surface area (Å²) in [7, 11) is 0. The van der Waals surface area contributed by atoms with E-state index < -0.39 is 59.3 Å². The van der Waals surface area contributed by atoms with E-state index in [0.717, 1.165) is 0 Å². The molecule has 0 aromatic carbocycles. The maximum Gasteiger partial charge on any atom is 0.460 e. The van der Waals surface area contributed by atoms with Gasteiger partial charge in [-0.25, -0.2) is 0 Å². The van der Waals surface area contributed by atoms with Gasteiger partial charge in [0.2, 0.25) is 0 Å². The molecule has 0 aliphatic rings. The number of carbonyl (C=O) groups excluding carboxylic acids is 2. The van der Waals surface area contributed by atoms with Crippen LogP contribution in [0.15, 0.2) is 12.7 Å². The SMILES string of the molecule is C=CCN(C(=O)C(F)(F)C(F)(F)C(F)(F)F)C(=O)C(F)(F)C(F)(F)C(F)(F)F. The number of carbonyl (C=O) groups is 2. The Morgan fingerprint density at radius 2 is 0.893 bits per heavy atom. The molecule has 0 radical (unpaired) electrons. The highest BCUT2D eigenvalue weighted by atomic mass is 19.4. The van der Waals surface area contributed by atoms with Gasteiger partial charge in [0, 0.05) is 6.54 Å². The Balaban J connectivity index is 6.35. The van der Waals surface area contributed by atoms with Crippen molar-refractivity contribution < 1.29 is 71.1 Å². The van der Waals surface area contributed by atoms with Gasteiger partial charge < -0.3 is 0 Å². The molecule has 0 saturated heterocycles. The van der Waals surface area contributed by atoms with Crippen LogP contribution in [0.1, 0.15) is 0 Å². The lowest BCUT2D eigenvalue weighted by Gasteiger charge is -2.34. The van der Waals surface area contributed by atoms with Crippen molar-refractivity contribution in [3.63, 3.8) is 0 Å². The number of rotatable bonds is 6. The number of alkyl halides is 14. The number of nitrogens with zero attached hydrogens (tertiary/aromatic N) is 1. The molecule has 0 fully saturated rings. The molecule has 0 N–H and O–H groups in total. The van der Waals surface area contributed by atoms with Crippen LogP contribution < -0.4 is 0 Å². The molecule has 0 aliphatic carbocycles. The molecular formula is C11H5F14NO2. The van der Waals surface area contributed by atoms with E-state index in [9.17, 15) is 71.1 Å². The molecule has 0 atom stereocenters. The molecule has 0 rings (SSSR count). The summed E-state index contributed by atoms with van der Waals surface area (Å²) in [6, 6.07) is 0. The van der Waals surface area contributed by atoms with E-state index in [4.69, 9.17) is 0 Å². The highest BCUT2D eigenvalue weighted by molar-refractivity contribution is 6.02. The van der Waals surface area contributed by atoms with Gasteiger partial charge in [-0.2, -0.15) is 61.5 Å². The fraction of sp³-hybridized carbons (Fsp3) is 0.636. The van der Waals surface area contributed by atoms with Crippen molar-refractivity contribution in [3.8, 4) is 0 Å². The molecule has 0 aromatic heterocycles. The van der Waals surface area contributed by atoms with Gasteiger partial charge in [0.1, 0.15) is 0 Å². The van der Waals surface area contributed by atoms with Gasteiger partial charge in [0.05, 0.1) is 0 Å². The average Bonchev–Trinajstić information content (AvgIpc) is 2.48. The zero-order valence-corrected chi connectivity index (χ0v) is 12.5. The van der Waals surface area contributed by atoms with E-state index in [0.29, 0.717) is 0 Å². The predicted molar refractivity (Wildman–Crippen MR) is 58.8 cm³/mol. The Labute approximate surface area is 144 Å². The molecule has 28 heavy (non-hydrogen) atoms. The van der Waals surface area contributed by atoms with Gasteiger partial charge in [-0.1, -0.05) is 6.08 Å². The second-order valence-corrected chi connectivity index (χ2v) is 4.80. The number of hydrogen-bond acceptors (Lipinski definition) is 2. The first-order chi connectivity index (χ1) is 12.0. The standard InChI is InChI=1S/C11H5F14NO2/c1-2-3-26(4(27)6(12,13)8(16,17)10(20,21)22)5(28)7(14,15)9(18,19)11(23,24)25/h2H,1,3H2. The monoisotopic (exact) mass is 449 g/mol. The molecule has 0 aromatic rings. The first-order valence-corrected chi connectivity index (χ1v) is 6.13. The highest BCUT2D eigenvalue weighted by Gasteiger charge is 2.80. The van der Waals surface area contributed by atoms with Crippen LogP contribution in [0.2, 0.25) is 0 Å². The maximum atomic E-state index is 13.2. The van der Waals surface area contributed by atoms with Crippen molar-refractivity contribution in [1.82, 2.24) is 4.90 Å². The second-order valence-electron chi connectivity index (χ2n) is 4.80. The lowest BCUT2D eigenvalue weighted by molar-refractivity contribution is -0.350. The fourth-order valence-corrected chi connectivity index (χ4v) is 1.35. The van der Waals surface area contributed by atoms with Gasteiger partial charge >= 0.3 is 47.9 Å². The zero-order chi connectivity index (χ0) is 23.1. The Bertz CT molecular complexity index is 582. The van der Waals surface area contributed by atoms with E-state index in [2.05, 4.69) is 6.58 Å². The smallest absolute Gasteiger partial charge is 0.268 e. The molecule has 0 spiro atoms. The largest absolute Gasteiger partial charge is 0.460 e. The molecule has 164 valence electrons. The van der Waals surface area contributed by atoms with E-state index in [-0.39, 0.29) is 6.08 Å². The van der Waals surface area contributed by atoms with E-state index in [1.807, 2.05) is 0 Å². The molecule has 0 saturated carbocycles. The Kier molecular flexibility index (Phi) is 6.53. The molecule has 2 amide bonds. The van der Waals surface area contributed by atoms with Gasteiger partial charge in [-0.05, 0) is 0 Å². The number of halogens is 14. The molecule has 3 nitrogen and oxygen atoms in total. The van der Waals surface area contributed by atoms with E-state index in [1.165, 1.54) is 0 Å². The van der Waals surface area contributed by atoms with Gasteiger partial charge in [0.25, 0.3) is 0 Å². The van der Waals surface area contributed by atoms with Crippen LogP contribution in [-0.2, 0) is 9.59 Å². The van der Waals surface area contributed by atoms with Crippen LogP contribution in [-0.4, -0.2) is 59.3 Å². The Morgan fingerprint density at radius 1 is 0.643 bits per heavy atom. The van der Waals surface area contributed by atoms with Gasteiger partial charge in [-0.15, -0.1) is 6.58 Å². The van der Waals surface area contributed by atoms with Crippen LogP contribution in [0.25, 0.3) is 0 Å². The lowest BCUT2D eigenvalue weighted by Crippen LogP contribution is -2.65. The first kappa shape index (κ1) is 25.9. The minimum Gasteiger partial charge on any atom is -0.268 e. The minimum absolute atomic E-state index is 0.0700. The fourth-order valence-electron chi connectivity index (χ4n) is 1.35. The van der Waals surface area contributed by atoms with Crippen LogP contribution in [0.4, 0.5) is 61.5 Å². The van der Waals surface area contributed by atoms with E-state index in [1.54, 1.807) is 0 Å². The van der Waals surface area contributed by atoms with Crippen LogP contribution in [0.5, 0.6) is 0 Å². The van der Waals surface area contributed by atoms with Crippen LogP contribution in [0.3, 0.4) is 0 Å². The topological polar surface area (TPSA) is 37.4 Å². The highest BCUT2D eigenvalue weighted by Crippen LogP contribution is 2.49. The second kappa shape index (κ2) is 7.06. The van der Waals surface area contributed by atoms with Crippen molar-refractivity contribution in [3.05, 3.63) is 12.7 Å². The van der Waals surface area contributed by atoms with Crippen molar-refractivity contribution in [1.29, 1.82) is 0 Å². The quantitative estimate of drug-likeness (QED) is 0.451. The third-order valence-electron chi connectivity index (χ3n) is 2.84. The summed E-state index contributed by atoms with van der Waals surface area (Å²) in [5.41, 5.74) is 0. The number of amides is 2. The predicted octanol–water partition coefficient (Wildman–Crippen LogP) is 4.19. The lowest BCUT2D eigenvalue weighted by atomic mass is 10.1. The Hall–Kier alpha value is -2.10. The number of hydrogen-bond donors (Lipinski definition) is 0. The number of imide groups is 1. The average molecular weight is 449 g/mol. The molecule has 0 bridgehead atoms. The minimum atomic E-state index is -7.31. The maximum absolute atomic E-state index is 13.2. The van der Waals surface area contributed by atoms with Crippen molar-refractivity contribution in [2.75, 3.05) is 6.54 Å². The summed E-state index contributed by atoms with van der Waals surface area (Å²) in [5, 5.41) is 0. The van der Waals surface area contributed by atoms with Crippen molar-refractivity contribution >= 4 is 11.8 Å². The molecular weight excluding hydrogens is 444 g/mol. The molecule has 0 aliphatic heterocycles.